The van der Waals surface area contributed by atoms with E-state index in [-0.39, 0.29) is 12.3 Å². The molecule has 3 amide bonds. The summed E-state index contributed by atoms with van der Waals surface area (Å²) in [4.78, 5) is 38.7. The summed E-state index contributed by atoms with van der Waals surface area (Å²) in [5.41, 5.74) is 0.400. The minimum atomic E-state index is -1.04. The molecule has 1 fully saturated rings. The molecule has 1 atom stereocenters. The Labute approximate surface area is 169 Å². The molecule has 1 N–H and O–H groups in total. The van der Waals surface area contributed by atoms with E-state index < -0.39 is 17.5 Å². The second kappa shape index (κ2) is 8.34. The maximum Gasteiger partial charge on any atom is 0.325 e. The highest BCUT2D eigenvalue weighted by atomic mass is 16.5. The Hall–Kier alpha value is -3.35. The van der Waals surface area contributed by atoms with Crippen molar-refractivity contribution in [2.75, 3.05) is 20.8 Å². The molecule has 2 aromatic carbocycles. The van der Waals surface area contributed by atoms with Crippen molar-refractivity contribution in [3.8, 4) is 11.5 Å². The fraction of sp³-hybridized carbons (Fsp3) is 0.318. The molecule has 0 saturated carbocycles. The first-order chi connectivity index (χ1) is 13.9. The van der Waals surface area contributed by atoms with Crippen LogP contribution in [0.25, 0.3) is 0 Å². The molecule has 0 radical (unpaired) electrons. The van der Waals surface area contributed by atoms with Crippen molar-refractivity contribution in [2.45, 2.75) is 25.3 Å². The zero-order chi connectivity index (χ0) is 21.0. The number of nitrogens with one attached hydrogen (secondary N) is 1. The van der Waals surface area contributed by atoms with Crippen LogP contribution in [0, 0.1) is 0 Å². The van der Waals surface area contributed by atoms with Crippen molar-refractivity contribution < 1.29 is 23.9 Å². The van der Waals surface area contributed by atoms with E-state index in [9.17, 15) is 14.4 Å². The number of Topliss-reactive ketones (excluding diaryl/α,β-unsaturated/α-hetero) is 1. The lowest BCUT2D eigenvalue weighted by molar-refractivity contribution is -0.130. The molecule has 0 bridgehead atoms. The van der Waals surface area contributed by atoms with Crippen molar-refractivity contribution in [2.24, 2.45) is 0 Å². The summed E-state index contributed by atoms with van der Waals surface area (Å²) in [6, 6.07) is 13.6. The Bertz CT molecular complexity index is 908. The number of rotatable bonds is 8. The number of amides is 3. The number of urea groups is 1. The van der Waals surface area contributed by atoms with E-state index in [2.05, 4.69) is 5.32 Å². The zero-order valence-electron chi connectivity index (χ0n) is 16.7. The first-order valence-electron chi connectivity index (χ1n) is 9.30. The molecule has 0 aromatic heterocycles. The van der Waals surface area contributed by atoms with Gasteiger partial charge < -0.3 is 14.8 Å². The van der Waals surface area contributed by atoms with E-state index in [1.165, 1.54) is 7.11 Å². The number of aryl methyl sites for hydroxylation is 1. The first kappa shape index (κ1) is 20.4. The number of hydrogen-bond acceptors (Lipinski definition) is 5. The molecule has 1 heterocycles. The van der Waals surface area contributed by atoms with Crippen LogP contribution in [-0.2, 0) is 11.2 Å². The molecule has 2 aromatic rings. The molecule has 3 rings (SSSR count). The number of imide groups is 1. The normalized spacial score (nSPS) is 18.5. The van der Waals surface area contributed by atoms with Gasteiger partial charge in [-0.1, -0.05) is 12.1 Å². The number of methoxy groups -OCH3 is 2. The number of nitrogens with zero attached hydrogens (tertiary/aromatic N) is 1. The van der Waals surface area contributed by atoms with Gasteiger partial charge in [0.05, 0.1) is 20.8 Å². The Balaban J connectivity index is 1.64. The third-order valence-electron chi connectivity index (χ3n) is 5.13. The van der Waals surface area contributed by atoms with Gasteiger partial charge in [0.15, 0.2) is 5.78 Å². The Kier molecular flexibility index (Phi) is 5.87. The lowest BCUT2D eigenvalue weighted by atomic mass is 9.93. The Morgan fingerprint density at radius 2 is 1.52 bits per heavy atom. The Morgan fingerprint density at radius 1 is 0.966 bits per heavy atom. The molecule has 1 saturated heterocycles. The van der Waals surface area contributed by atoms with Crippen LogP contribution in [0.3, 0.4) is 0 Å². The average Bonchev–Trinajstić information content (AvgIpc) is 2.96. The number of carbonyl (C=O) groups excluding carboxylic acids is 3. The molecule has 7 nitrogen and oxygen atoms in total. The standard InChI is InChI=1S/C22H24N2O5/c1-22(13-12-15-4-8-17(28-2)9-5-15)20(26)24(21(27)23-22)14-19(25)16-6-10-18(29-3)11-7-16/h4-11H,12-14H2,1-3H3,(H,23,27)/t22-/m0/s1. The first-order valence-corrected chi connectivity index (χ1v) is 9.30. The second-order valence-corrected chi connectivity index (χ2v) is 7.15. The lowest BCUT2D eigenvalue weighted by Crippen LogP contribution is -2.44. The van der Waals surface area contributed by atoms with Crippen LogP contribution in [0.1, 0.15) is 29.3 Å². The fourth-order valence-corrected chi connectivity index (χ4v) is 3.26. The van der Waals surface area contributed by atoms with E-state index >= 15 is 0 Å². The van der Waals surface area contributed by atoms with Gasteiger partial charge in [0.1, 0.15) is 17.0 Å². The minimum absolute atomic E-state index is 0.297. The van der Waals surface area contributed by atoms with Gasteiger partial charge in [-0.2, -0.15) is 0 Å². The molecule has 0 aliphatic carbocycles. The van der Waals surface area contributed by atoms with Crippen molar-refractivity contribution in [3.63, 3.8) is 0 Å². The maximum atomic E-state index is 12.9. The fourth-order valence-electron chi connectivity index (χ4n) is 3.26. The van der Waals surface area contributed by atoms with E-state index in [0.717, 1.165) is 16.2 Å². The van der Waals surface area contributed by atoms with Gasteiger partial charge in [-0.15, -0.1) is 0 Å². The number of benzene rings is 2. The van der Waals surface area contributed by atoms with Gasteiger partial charge in [-0.3, -0.25) is 14.5 Å². The smallest absolute Gasteiger partial charge is 0.325 e. The minimum Gasteiger partial charge on any atom is -0.497 e. The second-order valence-electron chi connectivity index (χ2n) is 7.15. The molecule has 152 valence electrons. The third-order valence-corrected chi connectivity index (χ3v) is 5.13. The van der Waals surface area contributed by atoms with Gasteiger partial charge in [0.25, 0.3) is 5.91 Å². The van der Waals surface area contributed by atoms with Crippen LogP contribution >= 0.6 is 0 Å². The van der Waals surface area contributed by atoms with Gasteiger partial charge in [0.2, 0.25) is 0 Å². The van der Waals surface area contributed by atoms with E-state index in [4.69, 9.17) is 9.47 Å². The summed E-state index contributed by atoms with van der Waals surface area (Å²) in [5.74, 6) is 0.685. The molecular weight excluding hydrogens is 372 g/mol. The number of carbonyl (C=O) groups is 3. The molecule has 0 spiro atoms. The van der Waals surface area contributed by atoms with Crippen molar-refractivity contribution in [3.05, 3.63) is 59.7 Å². The Morgan fingerprint density at radius 3 is 2.07 bits per heavy atom. The highest BCUT2D eigenvalue weighted by Crippen LogP contribution is 2.24. The molecule has 7 heteroatoms. The molecular formula is C22H24N2O5. The summed E-state index contributed by atoms with van der Waals surface area (Å²) in [7, 11) is 3.14. The zero-order valence-corrected chi connectivity index (χ0v) is 16.7. The van der Waals surface area contributed by atoms with Crippen LogP contribution in [0.4, 0.5) is 4.79 Å². The SMILES string of the molecule is COc1ccc(CC[C@]2(C)NC(=O)N(CC(=O)c3ccc(OC)cc3)C2=O)cc1. The molecule has 0 unspecified atom stereocenters. The van der Waals surface area contributed by atoms with Crippen molar-refractivity contribution in [1.29, 1.82) is 0 Å². The largest absolute Gasteiger partial charge is 0.497 e. The third kappa shape index (κ3) is 4.39. The van der Waals surface area contributed by atoms with E-state index in [1.54, 1.807) is 38.3 Å². The van der Waals surface area contributed by atoms with Gasteiger partial charge in [-0.25, -0.2) is 4.79 Å². The average molecular weight is 396 g/mol. The highest BCUT2D eigenvalue weighted by Gasteiger charge is 2.47. The predicted molar refractivity (Wildman–Crippen MR) is 107 cm³/mol. The maximum absolute atomic E-state index is 12.9. The van der Waals surface area contributed by atoms with E-state index in [0.29, 0.717) is 24.2 Å². The van der Waals surface area contributed by atoms with Crippen molar-refractivity contribution >= 4 is 17.7 Å². The van der Waals surface area contributed by atoms with Gasteiger partial charge >= 0.3 is 6.03 Å². The molecule has 1 aliphatic rings. The van der Waals surface area contributed by atoms with Crippen LogP contribution < -0.4 is 14.8 Å². The predicted octanol–water partition coefficient (Wildman–Crippen LogP) is 2.83. The lowest BCUT2D eigenvalue weighted by Gasteiger charge is -2.21. The quantitative estimate of drug-likeness (QED) is 0.548. The summed E-state index contributed by atoms with van der Waals surface area (Å²) in [6.45, 7) is 1.39. The highest BCUT2D eigenvalue weighted by molar-refractivity contribution is 6.11. The van der Waals surface area contributed by atoms with Crippen LogP contribution in [0.15, 0.2) is 48.5 Å². The van der Waals surface area contributed by atoms with Gasteiger partial charge in [-0.05, 0) is 61.7 Å². The summed E-state index contributed by atoms with van der Waals surface area (Å²) < 4.78 is 10.2. The van der Waals surface area contributed by atoms with Gasteiger partial charge in [0, 0.05) is 5.56 Å². The topological polar surface area (TPSA) is 84.9 Å². The summed E-state index contributed by atoms with van der Waals surface area (Å²) >= 11 is 0. The number of ketones is 1. The number of ether oxygens (including phenoxy) is 2. The number of hydrogen-bond donors (Lipinski definition) is 1. The molecule has 29 heavy (non-hydrogen) atoms. The van der Waals surface area contributed by atoms with Crippen molar-refractivity contribution in [1.82, 2.24) is 10.2 Å². The van der Waals surface area contributed by atoms with Crippen LogP contribution in [-0.4, -0.2) is 48.9 Å². The summed E-state index contributed by atoms with van der Waals surface area (Å²) in [6.07, 6.45) is 1.03. The monoisotopic (exact) mass is 396 g/mol. The summed E-state index contributed by atoms with van der Waals surface area (Å²) in [5, 5.41) is 2.74. The van der Waals surface area contributed by atoms with E-state index in [1.807, 2.05) is 24.3 Å². The molecule has 1 aliphatic heterocycles. The van der Waals surface area contributed by atoms with Crippen LogP contribution in [0.2, 0.25) is 0 Å². The van der Waals surface area contributed by atoms with Crippen LogP contribution in [0.5, 0.6) is 11.5 Å².